The average Bonchev–Trinajstić information content (AvgIpc) is 3.15. The van der Waals surface area contributed by atoms with Gasteiger partial charge in [-0.1, -0.05) is 31.9 Å². The molecule has 2 unspecified atom stereocenters. The van der Waals surface area contributed by atoms with E-state index in [0.717, 1.165) is 6.42 Å². The second-order valence-electron chi connectivity index (χ2n) is 7.62. The molecule has 0 aromatic carbocycles. The number of fused-ring (bicyclic) bond motifs is 1. The van der Waals surface area contributed by atoms with Crippen molar-refractivity contribution in [2.45, 2.75) is 82.5 Å². The number of aliphatic hydroxyl groups is 2. The summed E-state index contributed by atoms with van der Waals surface area (Å²) in [6, 6.07) is 0. The van der Waals surface area contributed by atoms with Gasteiger partial charge in [0.1, 0.15) is 24.1 Å². The predicted molar refractivity (Wildman–Crippen MR) is 101 cm³/mol. The third-order valence-electron chi connectivity index (χ3n) is 5.58. The van der Waals surface area contributed by atoms with E-state index in [1.54, 1.807) is 6.08 Å². The number of unbranched alkanes of at least 4 members (excludes halogenated alkanes) is 2. The Balaban J connectivity index is 1.93. The number of allylic oxidation sites excluding steroid dienone is 2. The van der Waals surface area contributed by atoms with Crippen LogP contribution in [-0.4, -0.2) is 53.9 Å². The van der Waals surface area contributed by atoms with Crippen molar-refractivity contribution < 1.29 is 33.3 Å². The van der Waals surface area contributed by atoms with Gasteiger partial charge in [0.2, 0.25) is 0 Å². The van der Waals surface area contributed by atoms with Crippen molar-refractivity contribution in [2.24, 2.45) is 11.8 Å². The summed E-state index contributed by atoms with van der Waals surface area (Å²) in [6.07, 6.45) is 2.70. The fourth-order valence-corrected chi connectivity index (χ4v) is 3.94. The van der Waals surface area contributed by atoms with Crippen molar-refractivity contribution in [3.8, 4) is 0 Å². The van der Waals surface area contributed by atoms with Gasteiger partial charge in [-0.2, -0.15) is 0 Å². The first-order valence-electron chi connectivity index (χ1n) is 10.1. The van der Waals surface area contributed by atoms with E-state index < -0.39 is 42.5 Å². The number of esters is 1. The Kier molecular flexibility index (Phi) is 8.89. The van der Waals surface area contributed by atoms with E-state index in [-0.39, 0.29) is 24.6 Å². The number of carbonyl (C=O) groups is 1. The summed E-state index contributed by atoms with van der Waals surface area (Å²) in [6.45, 7) is 1.95. The van der Waals surface area contributed by atoms with Crippen LogP contribution in [0.5, 0.6) is 0 Å². The van der Waals surface area contributed by atoms with Gasteiger partial charge in [0, 0.05) is 24.7 Å². The van der Waals surface area contributed by atoms with Gasteiger partial charge >= 0.3 is 5.97 Å². The first kappa shape index (κ1) is 22.8. The maximum absolute atomic E-state index is 14.9. The van der Waals surface area contributed by atoms with Gasteiger partial charge in [-0.05, 0) is 25.3 Å². The molecule has 2 aliphatic rings. The second kappa shape index (κ2) is 10.9. The molecule has 1 saturated carbocycles. The number of hydrogen-bond acceptors (Lipinski definition) is 5. The average molecular weight is 402 g/mol. The van der Waals surface area contributed by atoms with E-state index >= 15 is 0 Å². The minimum absolute atomic E-state index is 0.233. The quantitative estimate of drug-likeness (QED) is 0.333. The van der Waals surface area contributed by atoms with Crippen LogP contribution in [0, 0.1) is 11.8 Å². The summed E-state index contributed by atoms with van der Waals surface area (Å²) >= 11 is 0. The zero-order chi connectivity index (χ0) is 20.7. The molecule has 7 heteroatoms. The molecule has 28 heavy (non-hydrogen) atoms. The van der Waals surface area contributed by atoms with Gasteiger partial charge in [-0.15, -0.1) is 0 Å². The maximum atomic E-state index is 14.9. The molecular formula is C21H32F2O5. The number of methoxy groups -OCH3 is 1. The first-order chi connectivity index (χ1) is 13.4. The lowest BCUT2D eigenvalue weighted by atomic mass is 9.89. The predicted octanol–water partition coefficient (Wildman–Crippen LogP) is 3.39. The molecule has 0 amide bonds. The molecule has 160 valence electrons. The summed E-state index contributed by atoms with van der Waals surface area (Å²) < 4.78 is 39.1. The Morgan fingerprint density at radius 3 is 2.86 bits per heavy atom. The van der Waals surface area contributed by atoms with Crippen LogP contribution in [0.25, 0.3) is 0 Å². The minimum atomic E-state index is -1.37. The Morgan fingerprint density at radius 2 is 2.18 bits per heavy atom. The van der Waals surface area contributed by atoms with Crippen LogP contribution >= 0.6 is 0 Å². The summed E-state index contributed by atoms with van der Waals surface area (Å²) in [5.74, 6) is -1.17. The smallest absolute Gasteiger partial charge is 0.305 e. The molecule has 0 spiro atoms. The fourth-order valence-electron chi connectivity index (χ4n) is 3.94. The molecule has 7 atom stereocenters. The number of rotatable bonds is 10. The third kappa shape index (κ3) is 5.77. The Hall–Kier alpha value is -1.47. The number of ether oxygens (including phenoxy) is 2. The lowest BCUT2D eigenvalue weighted by Crippen LogP contribution is -2.26. The first-order valence-corrected chi connectivity index (χ1v) is 10.1. The van der Waals surface area contributed by atoms with Crippen molar-refractivity contribution >= 4 is 5.97 Å². The molecule has 1 aliphatic carbocycles. The van der Waals surface area contributed by atoms with Gasteiger partial charge in [0.15, 0.2) is 6.17 Å². The monoisotopic (exact) mass is 402 g/mol. The minimum Gasteiger partial charge on any atom is -0.491 e. The molecule has 1 heterocycles. The van der Waals surface area contributed by atoms with Gasteiger partial charge in [-0.3, -0.25) is 4.79 Å². The van der Waals surface area contributed by atoms with Crippen LogP contribution in [-0.2, 0) is 14.3 Å². The van der Waals surface area contributed by atoms with Crippen molar-refractivity contribution in [1.29, 1.82) is 0 Å². The largest absolute Gasteiger partial charge is 0.491 e. The zero-order valence-corrected chi connectivity index (χ0v) is 16.6. The van der Waals surface area contributed by atoms with E-state index in [1.165, 1.54) is 19.3 Å². The van der Waals surface area contributed by atoms with Gasteiger partial charge in [0.05, 0.1) is 13.2 Å². The number of carbonyl (C=O) groups excluding carboxylic acids is 1. The van der Waals surface area contributed by atoms with Crippen molar-refractivity contribution in [3.63, 3.8) is 0 Å². The lowest BCUT2D eigenvalue weighted by molar-refractivity contribution is -0.140. The van der Waals surface area contributed by atoms with E-state index in [4.69, 9.17) is 4.74 Å². The van der Waals surface area contributed by atoms with Crippen LogP contribution in [0.15, 0.2) is 24.0 Å². The van der Waals surface area contributed by atoms with Crippen LogP contribution in [0.1, 0.15) is 51.9 Å². The Morgan fingerprint density at radius 1 is 1.43 bits per heavy atom. The highest BCUT2D eigenvalue weighted by atomic mass is 19.1. The van der Waals surface area contributed by atoms with Crippen molar-refractivity contribution in [3.05, 3.63) is 24.0 Å². The van der Waals surface area contributed by atoms with E-state index in [1.807, 2.05) is 6.92 Å². The van der Waals surface area contributed by atoms with Gasteiger partial charge in [-0.25, -0.2) is 8.78 Å². The molecule has 2 N–H and O–H groups in total. The molecule has 1 aliphatic heterocycles. The van der Waals surface area contributed by atoms with Crippen LogP contribution in [0.2, 0.25) is 0 Å². The highest BCUT2D eigenvalue weighted by molar-refractivity contribution is 5.69. The molecule has 2 fully saturated rings. The number of halogens is 2. The van der Waals surface area contributed by atoms with Crippen LogP contribution < -0.4 is 0 Å². The normalized spacial score (nSPS) is 33.1. The topological polar surface area (TPSA) is 76.0 Å². The highest BCUT2D eigenvalue weighted by Gasteiger charge is 2.53. The molecule has 5 nitrogen and oxygen atoms in total. The Bertz CT molecular complexity index is 565. The SMILES string of the molecule is CCCCC(F)[C@H](O)C=C[C@@H]1[C@H]2C(F)C(=CCCCC(=O)OC)O[C@H]2C[C@H]1O. The fraction of sp³-hybridized carbons (Fsp3) is 0.762. The summed E-state index contributed by atoms with van der Waals surface area (Å²) in [5.41, 5.74) is 0. The van der Waals surface area contributed by atoms with E-state index in [9.17, 15) is 23.8 Å². The zero-order valence-electron chi connectivity index (χ0n) is 16.6. The summed E-state index contributed by atoms with van der Waals surface area (Å²) in [7, 11) is 1.32. The second-order valence-corrected chi connectivity index (χ2v) is 7.62. The maximum Gasteiger partial charge on any atom is 0.305 e. The lowest BCUT2D eigenvalue weighted by Gasteiger charge is -2.19. The third-order valence-corrected chi connectivity index (χ3v) is 5.58. The molecule has 2 rings (SSSR count). The highest BCUT2D eigenvalue weighted by Crippen LogP contribution is 2.47. The molecular weight excluding hydrogens is 370 g/mol. The molecule has 0 aromatic heterocycles. The summed E-state index contributed by atoms with van der Waals surface area (Å²) in [4.78, 5) is 11.1. The molecule has 1 saturated heterocycles. The number of alkyl halides is 2. The van der Waals surface area contributed by atoms with Gasteiger partial charge in [0.25, 0.3) is 0 Å². The van der Waals surface area contributed by atoms with Crippen LogP contribution in [0.3, 0.4) is 0 Å². The standard InChI is InChI=1S/C21H32F2O5/c1-3-4-7-14(22)15(24)11-10-13-16(25)12-18-20(13)21(23)17(28-18)8-5-6-9-19(26)27-2/h8,10-11,13-16,18,20-21,24-25H,3-7,9,12H2,1-2H3/t13-,14?,15+,16+,18-,20+,21?/m0/s1. The Labute approximate surface area is 165 Å². The van der Waals surface area contributed by atoms with Crippen molar-refractivity contribution in [2.75, 3.05) is 7.11 Å². The number of aliphatic hydroxyl groups excluding tert-OH is 2. The van der Waals surface area contributed by atoms with E-state index in [0.29, 0.717) is 25.7 Å². The molecule has 0 radical (unpaired) electrons. The number of hydrogen-bond donors (Lipinski definition) is 2. The molecule has 0 bridgehead atoms. The van der Waals surface area contributed by atoms with E-state index in [2.05, 4.69) is 4.74 Å². The van der Waals surface area contributed by atoms with Crippen molar-refractivity contribution in [1.82, 2.24) is 0 Å². The van der Waals surface area contributed by atoms with Gasteiger partial charge < -0.3 is 19.7 Å². The summed E-state index contributed by atoms with van der Waals surface area (Å²) in [5, 5.41) is 20.2. The molecule has 0 aromatic rings. The van der Waals surface area contributed by atoms with Crippen LogP contribution in [0.4, 0.5) is 8.78 Å².